The third kappa shape index (κ3) is 3.39. The maximum Gasteiger partial charge on any atom is 0.253 e. The number of nitriles is 1. The Morgan fingerprint density at radius 1 is 1.39 bits per heavy atom. The van der Waals surface area contributed by atoms with Crippen LogP contribution in [0.25, 0.3) is 0 Å². The van der Waals surface area contributed by atoms with Crippen LogP contribution in [0.2, 0.25) is 0 Å². The quantitative estimate of drug-likeness (QED) is 0.794. The van der Waals surface area contributed by atoms with Gasteiger partial charge >= 0.3 is 0 Å². The molecule has 1 N–H and O–H groups in total. The molecule has 2 aromatic rings. The van der Waals surface area contributed by atoms with Crippen molar-refractivity contribution in [3.05, 3.63) is 33.5 Å². The zero-order valence-corrected chi connectivity index (χ0v) is 17.9. The van der Waals surface area contributed by atoms with E-state index >= 15 is 0 Å². The second kappa shape index (κ2) is 7.59. The highest BCUT2D eigenvalue weighted by molar-refractivity contribution is 7.91. The maximum atomic E-state index is 13.0. The number of sulfonamides is 1. The molecule has 0 unspecified atom stereocenters. The zero-order valence-electron chi connectivity index (χ0n) is 15.5. The molecule has 2 aromatic heterocycles. The third-order valence-corrected chi connectivity index (χ3v) is 9.88. The van der Waals surface area contributed by atoms with Crippen molar-refractivity contribution < 1.29 is 13.2 Å². The molecular weight excluding hydrogens is 414 g/mol. The average Bonchev–Trinajstić information content (AvgIpc) is 3.40. The Morgan fingerprint density at radius 3 is 2.93 bits per heavy atom. The minimum absolute atomic E-state index is 0.255. The number of amides is 1. The summed E-state index contributed by atoms with van der Waals surface area (Å²) in [5, 5.41) is 14.8. The maximum absolute atomic E-state index is 13.0. The number of hydrogen-bond donors (Lipinski definition) is 1. The summed E-state index contributed by atoms with van der Waals surface area (Å²) in [5.41, 5.74) is 1.60. The Bertz CT molecular complexity index is 1030. The van der Waals surface area contributed by atoms with E-state index in [0.29, 0.717) is 35.9 Å². The van der Waals surface area contributed by atoms with Gasteiger partial charge in [0.25, 0.3) is 10.0 Å². The molecular formula is C19H21N3O3S3. The van der Waals surface area contributed by atoms with Crippen molar-refractivity contribution in [2.45, 2.75) is 49.3 Å². The van der Waals surface area contributed by atoms with Crippen LogP contribution in [0.15, 0.2) is 21.7 Å². The molecule has 0 saturated carbocycles. The highest BCUT2D eigenvalue weighted by Gasteiger charge is 2.40. The molecule has 1 aliphatic heterocycles. The SMILES string of the molecule is C[C@H]1CCc2c(sc(NC(=O)[C@H]3CCCN3S(=O)(=O)c3cccs3)c2C#N)C1. The number of rotatable bonds is 4. The molecule has 1 saturated heterocycles. The highest BCUT2D eigenvalue weighted by atomic mass is 32.2. The van der Waals surface area contributed by atoms with Gasteiger partial charge in [-0.1, -0.05) is 13.0 Å². The molecule has 148 valence electrons. The molecule has 1 amide bonds. The number of nitrogens with zero attached hydrogens (tertiary/aromatic N) is 2. The summed E-state index contributed by atoms with van der Waals surface area (Å²) < 4.78 is 27.3. The van der Waals surface area contributed by atoms with Crippen molar-refractivity contribution in [1.29, 1.82) is 5.26 Å². The summed E-state index contributed by atoms with van der Waals surface area (Å²) in [5.74, 6) is 0.225. The second-order valence-electron chi connectivity index (χ2n) is 7.36. The van der Waals surface area contributed by atoms with E-state index in [4.69, 9.17) is 0 Å². The molecule has 1 fully saturated rings. The van der Waals surface area contributed by atoms with Gasteiger partial charge in [0, 0.05) is 11.4 Å². The van der Waals surface area contributed by atoms with Gasteiger partial charge < -0.3 is 5.32 Å². The van der Waals surface area contributed by atoms with Crippen molar-refractivity contribution in [2.24, 2.45) is 5.92 Å². The fraction of sp³-hybridized carbons (Fsp3) is 0.474. The van der Waals surface area contributed by atoms with Crippen molar-refractivity contribution in [1.82, 2.24) is 4.31 Å². The lowest BCUT2D eigenvalue weighted by molar-refractivity contribution is -0.119. The minimum atomic E-state index is -3.68. The van der Waals surface area contributed by atoms with E-state index < -0.39 is 16.1 Å². The van der Waals surface area contributed by atoms with E-state index in [0.717, 1.165) is 36.2 Å². The summed E-state index contributed by atoms with van der Waals surface area (Å²) in [6.07, 6.45) is 3.95. The van der Waals surface area contributed by atoms with Gasteiger partial charge in [0.05, 0.1) is 5.56 Å². The van der Waals surface area contributed by atoms with E-state index in [9.17, 15) is 18.5 Å². The van der Waals surface area contributed by atoms with E-state index in [1.165, 1.54) is 20.5 Å². The largest absolute Gasteiger partial charge is 0.315 e. The van der Waals surface area contributed by atoms with Crippen molar-refractivity contribution in [3.63, 3.8) is 0 Å². The molecule has 6 nitrogen and oxygen atoms in total. The van der Waals surface area contributed by atoms with Gasteiger partial charge in [-0.2, -0.15) is 9.57 Å². The molecule has 0 aromatic carbocycles. The monoisotopic (exact) mass is 435 g/mol. The Balaban J connectivity index is 1.58. The fourth-order valence-electron chi connectivity index (χ4n) is 3.97. The van der Waals surface area contributed by atoms with Gasteiger partial charge in [0.15, 0.2) is 0 Å². The van der Waals surface area contributed by atoms with Crippen LogP contribution in [0.4, 0.5) is 5.00 Å². The van der Waals surface area contributed by atoms with Crippen LogP contribution in [-0.4, -0.2) is 31.2 Å². The average molecular weight is 436 g/mol. The van der Waals surface area contributed by atoms with Crippen molar-refractivity contribution >= 4 is 43.6 Å². The number of carbonyl (C=O) groups excluding carboxylic acids is 1. The number of fused-ring (bicyclic) bond motifs is 1. The molecule has 4 rings (SSSR count). The topological polar surface area (TPSA) is 90.3 Å². The van der Waals surface area contributed by atoms with Gasteiger partial charge in [-0.05, 0) is 55.0 Å². The van der Waals surface area contributed by atoms with Gasteiger partial charge in [-0.3, -0.25) is 4.79 Å². The van der Waals surface area contributed by atoms with E-state index in [1.54, 1.807) is 17.5 Å². The lowest BCUT2D eigenvalue weighted by Gasteiger charge is -2.22. The molecule has 0 radical (unpaired) electrons. The van der Waals surface area contributed by atoms with Crippen LogP contribution >= 0.6 is 22.7 Å². The Morgan fingerprint density at radius 2 is 2.21 bits per heavy atom. The van der Waals surface area contributed by atoms with Crippen LogP contribution < -0.4 is 5.32 Å². The van der Waals surface area contributed by atoms with Gasteiger partial charge in [0.1, 0.15) is 21.3 Å². The van der Waals surface area contributed by atoms with E-state index in [2.05, 4.69) is 18.3 Å². The van der Waals surface area contributed by atoms with Crippen LogP contribution in [-0.2, 0) is 27.7 Å². The van der Waals surface area contributed by atoms with Crippen molar-refractivity contribution in [2.75, 3.05) is 11.9 Å². The lowest BCUT2D eigenvalue weighted by Crippen LogP contribution is -2.42. The molecule has 2 aliphatic rings. The molecule has 9 heteroatoms. The lowest BCUT2D eigenvalue weighted by atomic mass is 9.88. The van der Waals surface area contributed by atoms with Gasteiger partial charge in [-0.15, -0.1) is 22.7 Å². The first-order chi connectivity index (χ1) is 13.4. The minimum Gasteiger partial charge on any atom is -0.315 e. The fourth-order valence-corrected chi connectivity index (χ4v) is 8.11. The molecule has 0 bridgehead atoms. The zero-order chi connectivity index (χ0) is 19.9. The number of carbonyl (C=O) groups is 1. The van der Waals surface area contributed by atoms with Crippen LogP contribution in [0.1, 0.15) is 42.2 Å². The predicted molar refractivity (Wildman–Crippen MR) is 110 cm³/mol. The second-order valence-corrected chi connectivity index (χ2v) is 11.5. The Hall–Kier alpha value is -1.73. The number of nitrogens with one attached hydrogen (secondary N) is 1. The molecule has 3 heterocycles. The molecule has 2 atom stereocenters. The first kappa shape index (κ1) is 19.6. The summed E-state index contributed by atoms with van der Waals surface area (Å²) >= 11 is 2.62. The first-order valence-electron chi connectivity index (χ1n) is 9.32. The van der Waals surface area contributed by atoms with Crippen LogP contribution in [0.3, 0.4) is 0 Å². The standard InChI is InChI=1S/C19H21N3O3S3/c1-12-6-7-13-14(11-20)19(27-16(13)10-12)21-18(23)15-4-2-8-22(15)28(24,25)17-5-3-9-26-17/h3,5,9,12,15H,2,4,6-8,10H2,1H3,(H,21,23)/t12-,15+/m0/s1. The normalized spacial score (nSPS) is 22.6. The van der Waals surface area contributed by atoms with E-state index in [1.807, 2.05) is 0 Å². The van der Waals surface area contributed by atoms with Gasteiger partial charge in [0.2, 0.25) is 5.91 Å². The highest BCUT2D eigenvalue weighted by Crippen LogP contribution is 2.39. The third-order valence-electron chi connectivity index (χ3n) is 5.42. The molecule has 0 spiro atoms. The van der Waals surface area contributed by atoms with E-state index in [-0.39, 0.29) is 10.1 Å². The number of hydrogen-bond acceptors (Lipinski definition) is 6. The summed E-state index contributed by atoms with van der Waals surface area (Å²) in [4.78, 5) is 14.1. The van der Waals surface area contributed by atoms with Crippen molar-refractivity contribution in [3.8, 4) is 6.07 Å². The first-order valence-corrected chi connectivity index (χ1v) is 12.5. The van der Waals surface area contributed by atoms with Crippen LogP contribution in [0, 0.1) is 17.2 Å². The van der Waals surface area contributed by atoms with Gasteiger partial charge in [-0.25, -0.2) is 8.42 Å². The summed E-state index contributed by atoms with van der Waals surface area (Å²) in [7, 11) is -3.68. The number of anilines is 1. The number of thiophene rings is 2. The van der Waals surface area contributed by atoms with Crippen LogP contribution in [0.5, 0.6) is 0 Å². The smallest absolute Gasteiger partial charge is 0.253 e. The molecule has 28 heavy (non-hydrogen) atoms. The summed E-state index contributed by atoms with van der Waals surface area (Å²) in [6.45, 7) is 2.53. The predicted octanol–water partition coefficient (Wildman–Crippen LogP) is 3.60. The molecule has 1 aliphatic carbocycles. The Kier molecular flexibility index (Phi) is 5.31. The Labute approximate surface area is 172 Å². The summed E-state index contributed by atoms with van der Waals surface area (Å²) in [6, 6.07) is 4.76.